The molecule has 30 heavy (non-hydrogen) atoms. The van der Waals surface area contributed by atoms with Crippen molar-refractivity contribution in [2.24, 2.45) is 0 Å². The zero-order valence-electron chi connectivity index (χ0n) is 17.1. The molecule has 4 heteroatoms. The lowest BCUT2D eigenvalue weighted by Crippen LogP contribution is -2.44. The van der Waals surface area contributed by atoms with Crippen LogP contribution < -0.4 is 0 Å². The fraction of sp³-hybridized carbons (Fsp3) is 0.269. The standard InChI is InChI=1S/C26H26FNO2/c1-19-7-9-21(10-8-19)25(29)18-28-15-13-26(30,14-16-28)22-11-12-23(24(27)17-22)20-5-3-2-4-6-20/h2-12,17,30H,13-16,18H2,1H3. The number of carbonyl (C=O) groups is 1. The Morgan fingerprint density at radius 1 is 1.00 bits per heavy atom. The smallest absolute Gasteiger partial charge is 0.176 e. The van der Waals surface area contributed by atoms with Gasteiger partial charge < -0.3 is 5.11 Å². The number of hydrogen-bond acceptors (Lipinski definition) is 3. The van der Waals surface area contributed by atoms with Gasteiger partial charge in [0.05, 0.1) is 12.1 Å². The fourth-order valence-electron chi connectivity index (χ4n) is 4.06. The first-order valence-electron chi connectivity index (χ1n) is 10.3. The minimum Gasteiger partial charge on any atom is -0.385 e. The number of halogens is 1. The molecule has 0 atom stereocenters. The molecule has 1 saturated heterocycles. The molecular weight excluding hydrogens is 377 g/mol. The third-order valence-corrected chi connectivity index (χ3v) is 6.02. The molecule has 0 bridgehead atoms. The highest BCUT2D eigenvalue weighted by Crippen LogP contribution is 2.35. The highest BCUT2D eigenvalue weighted by molar-refractivity contribution is 5.97. The van der Waals surface area contributed by atoms with Crippen molar-refractivity contribution in [3.05, 3.63) is 95.3 Å². The van der Waals surface area contributed by atoms with Crippen LogP contribution in [-0.2, 0) is 5.60 Å². The predicted octanol–water partition coefficient (Wildman–Crippen LogP) is 4.97. The largest absolute Gasteiger partial charge is 0.385 e. The molecule has 0 amide bonds. The molecule has 1 fully saturated rings. The number of carbonyl (C=O) groups excluding carboxylic acids is 1. The second-order valence-corrected chi connectivity index (χ2v) is 8.16. The van der Waals surface area contributed by atoms with Crippen LogP contribution in [-0.4, -0.2) is 35.4 Å². The Bertz CT molecular complexity index is 1020. The van der Waals surface area contributed by atoms with Crippen LogP contribution in [0.2, 0.25) is 0 Å². The first kappa shape index (κ1) is 20.5. The quantitative estimate of drug-likeness (QED) is 0.612. The summed E-state index contributed by atoms with van der Waals surface area (Å²) in [5.41, 5.74) is 2.71. The summed E-state index contributed by atoms with van der Waals surface area (Å²) < 4.78 is 14.8. The van der Waals surface area contributed by atoms with Gasteiger partial charge in [0, 0.05) is 24.2 Å². The summed E-state index contributed by atoms with van der Waals surface area (Å²) in [4.78, 5) is 14.6. The second-order valence-electron chi connectivity index (χ2n) is 8.16. The number of ketones is 1. The van der Waals surface area contributed by atoms with E-state index in [-0.39, 0.29) is 11.6 Å². The van der Waals surface area contributed by atoms with Gasteiger partial charge in [-0.1, -0.05) is 72.3 Å². The van der Waals surface area contributed by atoms with Crippen LogP contribution in [0.4, 0.5) is 4.39 Å². The highest BCUT2D eigenvalue weighted by atomic mass is 19.1. The van der Waals surface area contributed by atoms with Crippen molar-refractivity contribution in [2.45, 2.75) is 25.4 Å². The van der Waals surface area contributed by atoms with Crippen molar-refractivity contribution >= 4 is 5.78 Å². The zero-order valence-corrected chi connectivity index (χ0v) is 17.1. The van der Waals surface area contributed by atoms with Gasteiger partial charge >= 0.3 is 0 Å². The van der Waals surface area contributed by atoms with Gasteiger partial charge in [0.1, 0.15) is 5.82 Å². The van der Waals surface area contributed by atoms with E-state index in [0.717, 1.165) is 11.1 Å². The second kappa shape index (κ2) is 8.50. The summed E-state index contributed by atoms with van der Waals surface area (Å²) in [6, 6.07) is 22.0. The van der Waals surface area contributed by atoms with Gasteiger partial charge in [-0.05, 0) is 37.0 Å². The maximum Gasteiger partial charge on any atom is 0.176 e. The summed E-state index contributed by atoms with van der Waals surface area (Å²) in [7, 11) is 0. The highest BCUT2D eigenvalue weighted by Gasteiger charge is 2.35. The van der Waals surface area contributed by atoms with Crippen molar-refractivity contribution in [1.82, 2.24) is 4.90 Å². The number of nitrogens with zero attached hydrogens (tertiary/aromatic N) is 1. The molecule has 0 aromatic heterocycles. The Hall–Kier alpha value is -2.82. The van der Waals surface area contributed by atoms with Crippen molar-refractivity contribution in [3.8, 4) is 11.1 Å². The number of aryl methyl sites for hydroxylation is 1. The van der Waals surface area contributed by atoms with E-state index in [0.29, 0.717) is 49.2 Å². The van der Waals surface area contributed by atoms with Crippen LogP contribution in [0.15, 0.2) is 72.8 Å². The Morgan fingerprint density at radius 2 is 1.67 bits per heavy atom. The predicted molar refractivity (Wildman–Crippen MR) is 117 cm³/mol. The normalized spacial score (nSPS) is 16.4. The van der Waals surface area contributed by atoms with Gasteiger partial charge in [0.25, 0.3) is 0 Å². The van der Waals surface area contributed by atoms with E-state index in [1.165, 1.54) is 6.07 Å². The molecule has 0 spiro atoms. The number of hydrogen-bond donors (Lipinski definition) is 1. The lowest BCUT2D eigenvalue weighted by atomic mass is 9.83. The average molecular weight is 403 g/mol. The van der Waals surface area contributed by atoms with Crippen molar-refractivity contribution in [2.75, 3.05) is 19.6 Å². The average Bonchev–Trinajstić information content (AvgIpc) is 2.76. The van der Waals surface area contributed by atoms with Crippen molar-refractivity contribution in [3.63, 3.8) is 0 Å². The Balaban J connectivity index is 1.42. The molecule has 0 unspecified atom stereocenters. The van der Waals surface area contributed by atoms with E-state index in [2.05, 4.69) is 4.90 Å². The van der Waals surface area contributed by atoms with Gasteiger partial charge in [-0.3, -0.25) is 9.69 Å². The van der Waals surface area contributed by atoms with Crippen LogP contribution in [0.1, 0.15) is 34.3 Å². The molecule has 0 saturated carbocycles. The van der Waals surface area contributed by atoms with Crippen LogP contribution in [0, 0.1) is 12.7 Å². The third-order valence-electron chi connectivity index (χ3n) is 6.02. The molecule has 3 nitrogen and oxygen atoms in total. The zero-order chi connectivity index (χ0) is 21.1. The third kappa shape index (κ3) is 4.35. The molecule has 154 valence electrons. The van der Waals surface area contributed by atoms with Crippen molar-refractivity contribution < 1.29 is 14.3 Å². The number of likely N-dealkylation sites (tertiary alicyclic amines) is 1. The number of Topliss-reactive ketones (excluding diaryl/α,β-unsaturated/α-hetero) is 1. The minimum atomic E-state index is -1.07. The molecule has 3 aromatic carbocycles. The van der Waals surface area contributed by atoms with Gasteiger partial charge in [0.2, 0.25) is 0 Å². The Labute approximate surface area is 176 Å². The van der Waals surface area contributed by atoms with Gasteiger partial charge in [-0.2, -0.15) is 0 Å². The lowest BCUT2D eigenvalue weighted by molar-refractivity contribution is -0.0247. The summed E-state index contributed by atoms with van der Waals surface area (Å²) >= 11 is 0. The first-order chi connectivity index (χ1) is 14.4. The summed E-state index contributed by atoms with van der Waals surface area (Å²) in [5.74, 6) is -0.247. The molecule has 3 aromatic rings. The number of rotatable bonds is 5. The van der Waals surface area contributed by atoms with E-state index < -0.39 is 5.60 Å². The van der Waals surface area contributed by atoms with Crippen molar-refractivity contribution in [1.29, 1.82) is 0 Å². The molecule has 1 N–H and O–H groups in total. The van der Waals surface area contributed by atoms with Gasteiger partial charge in [-0.25, -0.2) is 4.39 Å². The van der Waals surface area contributed by atoms with E-state index in [9.17, 15) is 14.3 Å². The Kier molecular flexibility index (Phi) is 5.80. The van der Waals surface area contributed by atoms with E-state index in [1.54, 1.807) is 6.07 Å². The fourth-order valence-corrected chi connectivity index (χ4v) is 4.06. The SMILES string of the molecule is Cc1ccc(C(=O)CN2CCC(O)(c3ccc(-c4ccccc4)c(F)c3)CC2)cc1. The maximum atomic E-state index is 14.8. The molecule has 4 rings (SSSR count). The number of piperidine rings is 1. The molecule has 0 radical (unpaired) electrons. The maximum absolute atomic E-state index is 14.8. The van der Waals surface area contributed by atoms with Crippen LogP contribution in [0.25, 0.3) is 11.1 Å². The van der Waals surface area contributed by atoms with Crippen LogP contribution >= 0.6 is 0 Å². The lowest BCUT2D eigenvalue weighted by Gasteiger charge is -2.38. The topological polar surface area (TPSA) is 40.5 Å². The van der Waals surface area contributed by atoms with E-state index in [4.69, 9.17) is 0 Å². The molecule has 1 heterocycles. The number of benzene rings is 3. The molecule has 0 aliphatic carbocycles. The monoisotopic (exact) mass is 403 g/mol. The first-order valence-corrected chi connectivity index (χ1v) is 10.3. The van der Waals surface area contributed by atoms with Crippen LogP contribution in [0.5, 0.6) is 0 Å². The molecule has 1 aliphatic heterocycles. The summed E-state index contributed by atoms with van der Waals surface area (Å²) in [6.45, 7) is 3.52. The van der Waals surface area contributed by atoms with Crippen LogP contribution in [0.3, 0.4) is 0 Å². The Morgan fingerprint density at radius 3 is 2.30 bits per heavy atom. The van der Waals surface area contributed by atoms with Gasteiger partial charge in [0.15, 0.2) is 5.78 Å². The number of aliphatic hydroxyl groups is 1. The van der Waals surface area contributed by atoms with E-state index >= 15 is 0 Å². The summed E-state index contributed by atoms with van der Waals surface area (Å²) in [6.07, 6.45) is 0.941. The van der Waals surface area contributed by atoms with E-state index in [1.807, 2.05) is 67.6 Å². The molecular formula is C26H26FNO2. The minimum absolute atomic E-state index is 0.0821. The summed E-state index contributed by atoms with van der Waals surface area (Å²) in [5, 5.41) is 11.1. The van der Waals surface area contributed by atoms with Gasteiger partial charge in [-0.15, -0.1) is 0 Å². The molecule has 1 aliphatic rings.